The fourth-order valence-corrected chi connectivity index (χ4v) is 2.96. The predicted molar refractivity (Wildman–Crippen MR) is 73.1 cm³/mol. The van der Waals surface area contributed by atoms with E-state index in [1.807, 2.05) is 11.4 Å². The minimum Gasteiger partial charge on any atom is -0.344 e. The molecule has 3 heterocycles. The molecular weight excluding hydrogens is 264 g/mol. The van der Waals surface area contributed by atoms with Crippen LogP contribution in [0.15, 0.2) is 16.2 Å². The van der Waals surface area contributed by atoms with E-state index in [2.05, 4.69) is 15.3 Å². The Morgan fingerprint density at radius 1 is 1.58 bits per heavy atom. The molecule has 1 aliphatic heterocycles. The fourth-order valence-electron chi connectivity index (χ4n) is 2.24. The lowest BCUT2D eigenvalue weighted by molar-refractivity contribution is -0.128. The summed E-state index contributed by atoms with van der Waals surface area (Å²) in [6, 6.07) is 1.65. The van der Waals surface area contributed by atoms with Gasteiger partial charge in [-0.1, -0.05) is 0 Å². The van der Waals surface area contributed by atoms with Crippen molar-refractivity contribution in [3.8, 4) is 0 Å². The van der Waals surface area contributed by atoms with Crippen LogP contribution in [-0.2, 0) is 11.3 Å². The number of amides is 1. The van der Waals surface area contributed by atoms with E-state index in [9.17, 15) is 9.59 Å². The third-order valence-corrected chi connectivity index (χ3v) is 4.21. The number of likely N-dealkylation sites (tertiary alicyclic amines) is 1. The minimum atomic E-state index is -0.173. The Morgan fingerprint density at radius 3 is 3.16 bits per heavy atom. The van der Waals surface area contributed by atoms with Gasteiger partial charge in [-0.15, -0.1) is 11.3 Å². The van der Waals surface area contributed by atoms with Crippen molar-refractivity contribution in [2.45, 2.75) is 19.0 Å². The number of rotatable bonds is 3. The van der Waals surface area contributed by atoms with Gasteiger partial charge in [0.1, 0.15) is 10.5 Å². The number of fused-ring (bicyclic) bond motifs is 1. The number of carbonyl (C=O) groups is 1. The summed E-state index contributed by atoms with van der Waals surface area (Å²) >= 11 is 1.38. The molecule has 1 fully saturated rings. The second kappa shape index (κ2) is 4.75. The molecule has 7 heteroatoms. The van der Waals surface area contributed by atoms with E-state index in [0.717, 1.165) is 13.0 Å². The monoisotopic (exact) mass is 278 g/mol. The van der Waals surface area contributed by atoms with Crippen LogP contribution in [0.2, 0.25) is 0 Å². The first kappa shape index (κ1) is 12.3. The maximum Gasteiger partial charge on any atom is 0.268 e. The zero-order valence-electron chi connectivity index (χ0n) is 10.5. The molecule has 0 radical (unpaired) electrons. The van der Waals surface area contributed by atoms with Crippen molar-refractivity contribution in [1.82, 2.24) is 20.2 Å². The molecule has 100 valence electrons. The van der Waals surface area contributed by atoms with Gasteiger partial charge in [-0.2, -0.15) is 0 Å². The Kier molecular flexibility index (Phi) is 3.08. The number of nitrogens with one attached hydrogen (secondary N) is 2. The molecule has 0 aliphatic carbocycles. The maximum absolute atomic E-state index is 11.8. The van der Waals surface area contributed by atoms with Crippen molar-refractivity contribution >= 4 is 27.5 Å². The molecule has 1 amide bonds. The summed E-state index contributed by atoms with van der Waals surface area (Å²) in [5, 5.41) is 4.99. The summed E-state index contributed by atoms with van der Waals surface area (Å²) in [4.78, 5) is 32.3. The molecule has 2 aromatic rings. The van der Waals surface area contributed by atoms with Crippen LogP contribution in [0.1, 0.15) is 12.2 Å². The number of hydrogen-bond donors (Lipinski definition) is 2. The molecule has 2 N–H and O–H groups in total. The van der Waals surface area contributed by atoms with Gasteiger partial charge in [0, 0.05) is 13.6 Å². The van der Waals surface area contributed by atoms with Crippen molar-refractivity contribution in [3.05, 3.63) is 27.6 Å². The van der Waals surface area contributed by atoms with Gasteiger partial charge < -0.3 is 9.88 Å². The largest absolute Gasteiger partial charge is 0.344 e. The van der Waals surface area contributed by atoms with Crippen LogP contribution in [0.3, 0.4) is 0 Å². The van der Waals surface area contributed by atoms with Crippen molar-refractivity contribution in [3.63, 3.8) is 0 Å². The van der Waals surface area contributed by atoms with Crippen LogP contribution in [0.25, 0.3) is 10.2 Å². The lowest BCUT2D eigenvalue weighted by atomic mass is 10.2. The van der Waals surface area contributed by atoms with Crippen molar-refractivity contribution < 1.29 is 4.79 Å². The van der Waals surface area contributed by atoms with Gasteiger partial charge in [0.2, 0.25) is 5.91 Å². The number of aromatic amines is 1. The fraction of sp³-hybridized carbons (Fsp3) is 0.417. The summed E-state index contributed by atoms with van der Waals surface area (Å²) in [7, 11) is 1.79. The first-order valence-corrected chi connectivity index (χ1v) is 6.98. The molecule has 0 spiro atoms. The first-order valence-electron chi connectivity index (χ1n) is 6.10. The predicted octanol–water partition coefficient (Wildman–Crippen LogP) is 0.305. The van der Waals surface area contributed by atoms with Gasteiger partial charge in [0.25, 0.3) is 5.56 Å². The number of carbonyl (C=O) groups excluding carboxylic acids is 1. The lowest BCUT2D eigenvalue weighted by Gasteiger charge is -2.11. The van der Waals surface area contributed by atoms with E-state index in [-0.39, 0.29) is 17.5 Å². The summed E-state index contributed by atoms with van der Waals surface area (Å²) in [5.41, 5.74) is 0.590. The van der Waals surface area contributed by atoms with Gasteiger partial charge in [0.15, 0.2) is 0 Å². The van der Waals surface area contributed by atoms with E-state index < -0.39 is 0 Å². The van der Waals surface area contributed by atoms with Gasteiger partial charge >= 0.3 is 0 Å². The van der Waals surface area contributed by atoms with Gasteiger partial charge in [-0.05, 0) is 17.9 Å². The number of hydrogen-bond acceptors (Lipinski definition) is 5. The Hall–Kier alpha value is -1.73. The Morgan fingerprint density at radius 2 is 2.42 bits per heavy atom. The topological polar surface area (TPSA) is 78.1 Å². The zero-order valence-corrected chi connectivity index (χ0v) is 11.3. The van der Waals surface area contributed by atoms with E-state index in [1.54, 1.807) is 11.9 Å². The van der Waals surface area contributed by atoms with Crippen molar-refractivity contribution in [1.29, 1.82) is 0 Å². The Bertz CT molecular complexity index is 678. The van der Waals surface area contributed by atoms with Crippen LogP contribution in [0.4, 0.5) is 0 Å². The smallest absolute Gasteiger partial charge is 0.268 e. The molecule has 0 bridgehead atoms. The number of H-pyrrole nitrogens is 1. The summed E-state index contributed by atoms with van der Waals surface area (Å²) < 4.78 is 0.639. The second-order valence-electron chi connectivity index (χ2n) is 4.63. The van der Waals surface area contributed by atoms with Gasteiger partial charge in [-0.3, -0.25) is 14.9 Å². The highest BCUT2D eigenvalue weighted by Gasteiger charge is 2.28. The SMILES string of the molecule is CN1CCC(NCc2nc3ccsc3c(=O)[nH]2)C1=O. The average molecular weight is 278 g/mol. The molecule has 0 aromatic carbocycles. The Labute approximate surface area is 113 Å². The number of thiophene rings is 1. The number of likely N-dealkylation sites (N-methyl/N-ethyl adjacent to an activating group) is 1. The lowest BCUT2D eigenvalue weighted by Crippen LogP contribution is -2.37. The summed E-state index contributed by atoms with van der Waals surface area (Å²) in [5.74, 6) is 0.664. The Balaban J connectivity index is 1.75. The van der Waals surface area contributed by atoms with Crippen LogP contribution in [-0.4, -0.2) is 40.4 Å². The highest BCUT2D eigenvalue weighted by Crippen LogP contribution is 2.14. The molecule has 6 nitrogen and oxygen atoms in total. The highest BCUT2D eigenvalue weighted by molar-refractivity contribution is 7.17. The van der Waals surface area contributed by atoms with Crippen molar-refractivity contribution in [2.24, 2.45) is 0 Å². The zero-order chi connectivity index (χ0) is 13.4. The van der Waals surface area contributed by atoms with Crippen LogP contribution < -0.4 is 10.9 Å². The number of nitrogens with zero attached hydrogens (tertiary/aromatic N) is 2. The third-order valence-electron chi connectivity index (χ3n) is 3.31. The molecule has 19 heavy (non-hydrogen) atoms. The molecule has 1 atom stereocenters. The molecule has 0 saturated carbocycles. The molecule has 1 aliphatic rings. The second-order valence-corrected chi connectivity index (χ2v) is 5.55. The normalized spacial score (nSPS) is 19.5. The average Bonchev–Trinajstić information content (AvgIpc) is 2.97. The van der Waals surface area contributed by atoms with E-state index in [1.165, 1.54) is 11.3 Å². The van der Waals surface area contributed by atoms with E-state index in [4.69, 9.17) is 0 Å². The van der Waals surface area contributed by atoms with E-state index >= 15 is 0 Å². The standard InChI is InChI=1S/C12H14N4O2S/c1-16-4-2-8(12(16)18)13-6-9-14-7-3-5-19-10(7)11(17)15-9/h3,5,8,13H,2,4,6H2,1H3,(H,14,15,17). The molecule has 1 saturated heterocycles. The molecule has 2 aromatic heterocycles. The molecule has 3 rings (SSSR count). The van der Waals surface area contributed by atoms with Crippen LogP contribution in [0.5, 0.6) is 0 Å². The summed E-state index contributed by atoms with van der Waals surface area (Å²) in [6.07, 6.45) is 0.792. The maximum atomic E-state index is 11.8. The van der Waals surface area contributed by atoms with Gasteiger partial charge in [0.05, 0.1) is 18.1 Å². The van der Waals surface area contributed by atoms with Crippen LogP contribution in [0, 0.1) is 0 Å². The van der Waals surface area contributed by atoms with Crippen LogP contribution >= 0.6 is 11.3 Å². The quantitative estimate of drug-likeness (QED) is 0.847. The third kappa shape index (κ3) is 2.26. The molecular formula is C12H14N4O2S. The number of aromatic nitrogens is 2. The minimum absolute atomic E-state index is 0.0963. The van der Waals surface area contributed by atoms with Crippen molar-refractivity contribution in [2.75, 3.05) is 13.6 Å². The van der Waals surface area contributed by atoms with E-state index in [0.29, 0.717) is 22.6 Å². The van der Waals surface area contributed by atoms with Gasteiger partial charge in [-0.25, -0.2) is 4.98 Å². The molecule has 1 unspecified atom stereocenters. The first-order chi connectivity index (χ1) is 9.15. The highest BCUT2D eigenvalue weighted by atomic mass is 32.1. The summed E-state index contributed by atoms with van der Waals surface area (Å²) in [6.45, 7) is 1.16.